The van der Waals surface area contributed by atoms with Crippen molar-refractivity contribution in [2.45, 2.75) is 45.0 Å². The van der Waals surface area contributed by atoms with Gasteiger partial charge < -0.3 is 14.9 Å². The van der Waals surface area contributed by atoms with E-state index in [0.29, 0.717) is 0 Å². The van der Waals surface area contributed by atoms with Crippen LogP contribution in [0.3, 0.4) is 0 Å². The fourth-order valence-electron chi connectivity index (χ4n) is 6.57. The molecule has 0 bridgehead atoms. The number of aliphatic hydroxyl groups excluding tert-OH is 1. The van der Waals surface area contributed by atoms with Crippen molar-refractivity contribution >= 4 is 22.1 Å². The summed E-state index contributed by atoms with van der Waals surface area (Å²) in [6.07, 6.45) is 1.61. The summed E-state index contributed by atoms with van der Waals surface area (Å²) in [4.78, 5) is 5.14. The molecule has 4 atom stereocenters. The van der Waals surface area contributed by atoms with Crippen molar-refractivity contribution in [1.29, 1.82) is 0 Å². The van der Waals surface area contributed by atoms with Crippen LogP contribution in [0.5, 0.6) is 0 Å². The Kier molecular flexibility index (Phi) is 5.53. The molecule has 1 saturated carbocycles. The molecule has 1 saturated heterocycles. The Morgan fingerprint density at radius 1 is 0.714 bits per heavy atom. The van der Waals surface area contributed by atoms with Crippen molar-refractivity contribution in [3.63, 3.8) is 0 Å². The molecule has 1 aliphatic heterocycles. The maximum atomic E-state index is 11.4. The van der Waals surface area contributed by atoms with E-state index in [1.807, 2.05) is 0 Å². The highest BCUT2D eigenvalue weighted by molar-refractivity contribution is 5.87. The average Bonchev–Trinajstić information content (AvgIpc) is 2.88. The SMILES string of the molecule is CC1(C)CC(O)C2CN(c3ccccc3)C(c3cccc4ccccc34)N(c3ccccc3)C2C1. The summed E-state index contributed by atoms with van der Waals surface area (Å²) in [5.74, 6) is 0.176. The van der Waals surface area contributed by atoms with Gasteiger partial charge in [0.15, 0.2) is 0 Å². The Labute approximate surface area is 208 Å². The van der Waals surface area contributed by atoms with Gasteiger partial charge in [-0.3, -0.25) is 0 Å². The van der Waals surface area contributed by atoms with Crippen LogP contribution in [0.25, 0.3) is 10.8 Å². The van der Waals surface area contributed by atoms with Gasteiger partial charge in [-0.25, -0.2) is 0 Å². The van der Waals surface area contributed by atoms with Gasteiger partial charge >= 0.3 is 0 Å². The molecular weight excluding hydrogens is 428 g/mol. The van der Waals surface area contributed by atoms with Gasteiger partial charge in [-0.05, 0) is 53.3 Å². The van der Waals surface area contributed by atoms with E-state index in [1.165, 1.54) is 27.7 Å². The summed E-state index contributed by atoms with van der Waals surface area (Å²) in [7, 11) is 0. The van der Waals surface area contributed by atoms with Gasteiger partial charge in [0.2, 0.25) is 0 Å². The van der Waals surface area contributed by atoms with Crippen LogP contribution in [0, 0.1) is 11.3 Å². The van der Waals surface area contributed by atoms with Crippen molar-refractivity contribution in [3.8, 4) is 0 Å². The molecule has 3 nitrogen and oxygen atoms in total. The summed E-state index contributed by atoms with van der Waals surface area (Å²) in [5.41, 5.74) is 3.81. The molecule has 4 unspecified atom stereocenters. The third-order valence-electron chi connectivity index (χ3n) is 8.08. The zero-order chi connectivity index (χ0) is 24.0. The number of benzene rings is 4. The predicted molar refractivity (Wildman–Crippen MR) is 146 cm³/mol. The molecule has 4 aromatic rings. The van der Waals surface area contributed by atoms with Crippen LogP contribution < -0.4 is 9.80 Å². The minimum Gasteiger partial charge on any atom is -0.393 e. The first-order chi connectivity index (χ1) is 17.0. The molecule has 1 aliphatic carbocycles. The Morgan fingerprint density at radius 2 is 1.34 bits per heavy atom. The average molecular weight is 463 g/mol. The number of hydrogen-bond acceptors (Lipinski definition) is 3. The highest BCUT2D eigenvalue weighted by Crippen LogP contribution is 2.50. The fourth-order valence-corrected chi connectivity index (χ4v) is 6.57. The van der Waals surface area contributed by atoms with Crippen LogP contribution in [0.4, 0.5) is 11.4 Å². The molecule has 0 aromatic heterocycles. The standard InChI is InChI=1S/C32H34N2O/c1-32(2)20-29-28(30(35)21-32)22-33(24-14-5-3-6-15-24)31(34(29)25-16-7-4-8-17-25)27-19-11-13-23-12-9-10-18-26(23)27/h3-19,28-31,35H,20-22H2,1-2H3. The number of anilines is 2. The maximum Gasteiger partial charge on any atom is 0.129 e. The van der Waals surface area contributed by atoms with Crippen LogP contribution in [-0.2, 0) is 0 Å². The molecule has 0 spiro atoms. The minimum atomic E-state index is -0.324. The highest BCUT2D eigenvalue weighted by Gasteiger charge is 2.50. The summed E-state index contributed by atoms with van der Waals surface area (Å²) in [5, 5.41) is 14.0. The van der Waals surface area contributed by atoms with Crippen LogP contribution >= 0.6 is 0 Å². The first-order valence-electron chi connectivity index (χ1n) is 12.8. The van der Waals surface area contributed by atoms with Gasteiger partial charge in [0.05, 0.1) is 6.10 Å². The number of aliphatic hydroxyl groups is 1. The monoisotopic (exact) mass is 462 g/mol. The van der Waals surface area contributed by atoms with Gasteiger partial charge in [-0.15, -0.1) is 0 Å². The second-order valence-electron chi connectivity index (χ2n) is 11.0. The topological polar surface area (TPSA) is 26.7 Å². The van der Waals surface area contributed by atoms with Crippen molar-refractivity contribution in [1.82, 2.24) is 0 Å². The van der Waals surface area contributed by atoms with Gasteiger partial charge in [-0.2, -0.15) is 0 Å². The number of para-hydroxylation sites is 2. The van der Waals surface area contributed by atoms with E-state index in [9.17, 15) is 5.11 Å². The smallest absolute Gasteiger partial charge is 0.129 e. The predicted octanol–water partition coefficient (Wildman–Crippen LogP) is 7.03. The number of rotatable bonds is 3. The molecule has 3 heteroatoms. The number of nitrogens with zero attached hydrogens (tertiary/aromatic N) is 2. The lowest BCUT2D eigenvalue weighted by Gasteiger charge is -2.59. The number of hydrogen-bond donors (Lipinski definition) is 1. The third kappa shape index (κ3) is 3.98. The minimum absolute atomic E-state index is 0.0215. The molecule has 6 rings (SSSR count). The lowest BCUT2D eigenvalue weighted by molar-refractivity contribution is -0.00713. The molecule has 1 N–H and O–H groups in total. The molecule has 4 aromatic carbocycles. The first kappa shape index (κ1) is 22.2. The summed E-state index contributed by atoms with van der Waals surface area (Å²) in [6.45, 7) is 5.46. The molecule has 2 aliphatic rings. The molecule has 1 heterocycles. The Balaban J connectivity index is 1.60. The van der Waals surface area contributed by atoms with Crippen molar-refractivity contribution in [3.05, 3.63) is 109 Å². The summed E-state index contributed by atoms with van der Waals surface area (Å²) in [6, 6.07) is 37.2. The van der Waals surface area contributed by atoms with Crippen LogP contribution in [-0.4, -0.2) is 23.8 Å². The second-order valence-corrected chi connectivity index (χ2v) is 11.0. The van der Waals surface area contributed by atoms with Crippen LogP contribution in [0.15, 0.2) is 103 Å². The second kappa shape index (κ2) is 8.73. The van der Waals surface area contributed by atoms with E-state index in [1.54, 1.807) is 0 Å². The molecule has 0 amide bonds. The lowest BCUT2D eigenvalue weighted by atomic mass is 9.66. The van der Waals surface area contributed by atoms with Crippen molar-refractivity contribution in [2.24, 2.45) is 11.3 Å². The summed E-state index contributed by atoms with van der Waals surface area (Å²) >= 11 is 0. The van der Waals surface area contributed by atoms with E-state index in [2.05, 4.69) is 127 Å². The quantitative estimate of drug-likeness (QED) is 0.354. The third-order valence-corrected chi connectivity index (χ3v) is 8.08. The first-order valence-corrected chi connectivity index (χ1v) is 12.8. The zero-order valence-corrected chi connectivity index (χ0v) is 20.6. The summed E-state index contributed by atoms with van der Waals surface area (Å²) < 4.78 is 0. The fraction of sp³-hybridized carbons (Fsp3) is 0.312. The van der Waals surface area contributed by atoms with Gasteiger partial charge in [-0.1, -0.05) is 92.7 Å². The van der Waals surface area contributed by atoms with Gasteiger partial charge in [0.1, 0.15) is 6.17 Å². The molecule has 178 valence electrons. The van der Waals surface area contributed by atoms with E-state index in [0.717, 1.165) is 19.4 Å². The van der Waals surface area contributed by atoms with E-state index in [-0.39, 0.29) is 29.6 Å². The normalized spacial score (nSPS) is 25.9. The van der Waals surface area contributed by atoms with E-state index in [4.69, 9.17) is 0 Å². The zero-order valence-electron chi connectivity index (χ0n) is 20.6. The van der Waals surface area contributed by atoms with Crippen LogP contribution in [0.1, 0.15) is 38.4 Å². The van der Waals surface area contributed by atoms with E-state index >= 15 is 0 Å². The van der Waals surface area contributed by atoms with Crippen molar-refractivity contribution < 1.29 is 5.11 Å². The lowest BCUT2D eigenvalue weighted by Crippen LogP contribution is -2.64. The van der Waals surface area contributed by atoms with Gasteiger partial charge in [0.25, 0.3) is 0 Å². The van der Waals surface area contributed by atoms with Crippen LogP contribution in [0.2, 0.25) is 0 Å². The van der Waals surface area contributed by atoms with Gasteiger partial charge in [0, 0.05) is 35.4 Å². The number of fused-ring (bicyclic) bond motifs is 2. The largest absolute Gasteiger partial charge is 0.393 e. The molecule has 0 radical (unpaired) electrons. The van der Waals surface area contributed by atoms with E-state index < -0.39 is 0 Å². The maximum absolute atomic E-state index is 11.4. The Morgan fingerprint density at radius 3 is 2.09 bits per heavy atom. The Hall–Kier alpha value is -3.30. The molecular formula is C32H34N2O. The highest BCUT2D eigenvalue weighted by atomic mass is 16.3. The van der Waals surface area contributed by atoms with Crippen molar-refractivity contribution in [2.75, 3.05) is 16.3 Å². The Bertz CT molecular complexity index is 1300. The molecule has 35 heavy (non-hydrogen) atoms. The molecule has 2 fully saturated rings.